The van der Waals surface area contributed by atoms with Crippen molar-refractivity contribution < 1.29 is 4.79 Å². The van der Waals surface area contributed by atoms with Gasteiger partial charge in [0.1, 0.15) is 0 Å². The van der Waals surface area contributed by atoms with E-state index in [4.69, 9.17) is 5.73 Å². The summed E-state index contributed by atoms with van der Waals surface area (Å²) in [6, 6.07) is -0.0773. The predicted octanol–water partition coefficient (Wildman–Crippen LogP) is 0.0855. The molecular weight excluding hydrogens is 178 g/mol. The minimum absolute atomic E-state index is 0.0655. The van der Waals surface area contributed by atoms with Gasteiger partial charge in [-0.05, 0) is 31.8 Å². The van der Waals surface area contributed by atoms with E-state index in [1.54, 1.807) is 7.05 Å². The molecule has 0 saturated heterocycles. The van der Waals surface area contributed by atoms with Crippen molar-refractivity contribution in [2.45, 2.75) is 32.7 Å². The molecule has 0 bridgehead atoms. The number of nitrogens with two attached hydrogens (primary N) is 1. The molecule has 4 heteroatoms. The minimum atomic E-state index is -0.0773. The van der Waals surface area contributed by atoms with Crippen LogP contribution < -0.4 is 16.4 Å². The molecule has 1 amide bonds. The maximum atomic E-state index is 11.4. The maximum absolute atomic E-state index is 11.4. The summed E-state index contributed by atoms with van der Waals surface area (Å²) in [7, 11) is 1.67. The molecule has 4 N–H and O–H groups in total. The fourth-order valence-electron chi connectivity index (χ4n) is 1.31. The van der Waals surface area contributed by atoms with Crippen LogP contribution in [0.15, 0.2) is 0 Å². The summed E-state index contributed by atoms with van der Waals surface area (Å²) in [5.74, 6) is 0.582. The van der Waals surface area contributed by atoms with Crippen LogP contribution in [0, 0.1) is 5.92 Å². The first-order chi connectivity index (χ1) is 6.61. The van der Waals surface area contributed by atoms with Crippen molar-refractivity contribution in [1.29, 1.82) is 0 Å². The molecule has 0 rings (SSSR count). The Hall–Kier alpha value is -0.610. The molecule has 0 aromatic rings. The summed E-state index contributed by atoms with van der Waals surface area (Å²) >= 11 is 0. The molecule has 4 nitrogen and oxygen atoms in total. The normalized spacial score (nSPS) is 12.9. The van der Waals surface area contributed by atoms with Gasteiger partial charge in [0.15, 0.2) is 0 Å². The quantitative estimate of drug-likeness (QED) is 0.511. The van der Waals surface area contributed by atoms with Crippen LogP contribution >= 0.6 is 0 Å². The third kappa shape index (κ3) is 5.94. The van der Waals surface area contributed by atoms with E-state index in [-0.39, 0.29) is 11.9 Å². The predicted molar refractivity (Wildman–Crippen MR) is 59.0 cm³/mol. The second-order valence-corrected chi connectivity index (χ2v) is 3.89. The van der Waals surface area contributed by atoms with Crippen LogP contribution in [0.2, 0.25) is 0 Å². The van der Waals surface area contributed by atoms with Crippen LogP contribution in [0.25, 0.3) is 0 Å². The topological polar surface area (TPSA) is 67.2 Å². The van der Waals surface area contributed by atoms with Gasteiger partial charge in [0, 0.05) is 7.05 Å². The molecule has 0 saturated carbocycles. The Labute approximate surface area is 86.6 Å². The number of likely N-dealkylation sites (N-methyl/N-ethyl adjacent to an activating group) is 1. The Balaban J connectivity index is 3.91. The van der Waals surface area contributed by atoms with E-state index in [9.17, 15) is 4.79 Å². The first-order valence-electron chi connectivity index (χ1n) is 5.26. The molecule has 0 aliphatic rings. The number of carbonyl (C=O) groups is 1. The fourth-order valence-corrected chi connectivity index (χ4v) is 1.31. The van der Waals surface area contributed by atoms with Crippen LogP contribution in [0.4, 0.5) is 0 Å². The maximum Gasteiger partial charge on any atom is 0.236 e. The van der Waals surface area contributed by atoms with Crippen molar-refractivity contribution in [3.8, 4) is 0 Å². The summed E-state index contributed by atoms with van der Waals surface area (Å²) in [6.07, 6.45) is 1.77. The molecule has 0 heterocycles. The monoisotopic (exact) mass is 201 g/mol. The second-order valence-electron chi connectivity index (χ2n) is 3.89. The molecule has 14 heavy (non-hydrogen) atoms. The molecule has 84 valence electrons. The van der Waals surface area contributed by atoms with Gasteiger partial charge in [-0.2, -0.15) is 0 Å². The average molecular weight is 201 g/mol. The summed E-state index contributed by atoms with van der Waals surface area (Å²) in [5, 5.41) is 5.88. The first-order valence-corrected chi connectivity index (χ1v) is 5.26. The standard InChI is InChI=1S/C10H23N3O/c1-8(2)7-9(10(14)12-3)13-6-4-5-11/h8-9,13H,4-7,11H2,1-3H3,(H,12,14). The van der Waals surface area contributed by atoms with E-state index >= 15 is 0 Å². The lowest BCUT2D eigenvalue weighted by Crippen LogP contribution is -2.44. The molecule has 1 unspecified atom stereocenters. The third-order valence-electron chi connectivity index (χ3n) is 2.04. The van der Waals surface area contributed by atoms with Crippen molar-refractivity contribution in [3.05, 3.63) is 0 Å². The van der Waals surface area contributed by atoms with Gasteiger partial charge in [0.2, 0.25) is 5.91 Å². The molecule has 0 aliphatic heterocycles. The van der Waals surface area contributed by atoms with Crippen molar-refractivity contribution in [1.82, 2.24) is 10.6 Å². The van der Waals surface area contributed by atoms with Gasteiger partial charge in [-0.3, -0.25) is 4.79 Å². The van der Waals surface area contributed by atoms with Crippen LogP contribution in [0.5, 0.6) is 0 Å². The molecule has 1 atom stereocenters. The Morgan fingerprint density at radius 1 is 1.43 bits per heavy atom. The molecular formula is C10H23N3O. The minimum Gasteiger partial charge on any atom is -0.358 e. The summed E-state index contributed by atoms with van der Waals surface area (Å²) in [6.45, 7) is 5.69. The Morgan fingerprint density at radius 2 is 2.07 bits per heavy atom. The van der Waals surface area contributed by atoms with Gasteiger partial charge >= 0.3 is 0 Å². The van der Waals surface area contributed by atoms with Crippen LogP contribution in [0.1, 0.15) is 26.7 Å². The Bertz CT molecular complexity index is 159. The second kappa shape index (κ2) is 7.76. The molecule has 0 aromatic carbocycles. The van der Waals surface area contributed by atoms with Gasteiger partial charge in [0.25, 0.3) is 0 Å². The summed E-state index contributed by atoms with van der Waals surface area (Å²) in [5.41, 5.74) is 5.38. The van der Waals surface area contributed by atoms with Crippen LogP contribution in [-0.4, -0.2) is 32.1 Å². The van der Waals surface area contributed by atoms with Gasteiger partial charge in [0.05, 0.1) is 6.04 Å². The van der Waals surface area contributed by atoms with E-state index in [2.05, 4.69) is 24.5 Å². The SMILES string of the molecule is CNC(=O)C(CC(C)C)NCCCN. The van der Waals surface area contributed by atoms with E-state index < -0.39 is 0 Å². The highest BCUT2D eigenvalue weighted by Gasteiger charge is 2.16. The number of amides is 1. The molecule has 0 aromatic heterocycles. The van der Waals surface area contributed by atoms with Gasteiger partial charge in [-0.15, -0.1) is 0 Å². The number of hydrogen-bond donors (Lipinski definition) is 3. The van der Waals surface area contributed by atoms with Crippen molar-refractivity contribution in [3.63, 3.8) is 0 Å². The van der Waals surface area contributed by atoms with Gasteiger partial charge < -0.3 is 16.4 Å². The Kier molecular flexibility index (Phi) is 7.42. The zero-order valence-corrected chi connectivity index (χ0v) is 9.47. The van der Waals surface area contributed by atoms with E-state index in [0.717, 1.165) is 19.4 Å². The average Bonchev–Trinajstić information content (AvgIpc) is 2.15. The molecule has 0 radical (unpaired) electrons. The highest BCUT2D eigenvalue weighted by atomic mass is 16.2. The smallest absolute Gasteiger partial charge is 0.236 e. The van der Waals surface area contributed by atoms with Crippen molar-refractivity contribution in [2.24, 2.45) is 11.7 Å². The largest absolute Gasteiger partial charge is 0.358 e. The fraction of sp³-hybridized carbons (Fsp3) is 0.900. The molecule has 0 spiro atoms. The lowest BCUT2D eigenvalue weighted by molar-refractivity contribution is -0.123. The number of carbonyl (C=O) groups excluding carboxylic acids is 1. The van der Waals surface area contributed by atoms with E-state index in [0.29, 0.717) is 12.5 Å². The summed E-state index contributed by atoms with van der Waals surface area (Å²) < 4.78 is 0. The highest BCUT2D eigenvalue weighted by Crippen LogP contribution is 2.04. The molecule has 0 fully saturated rings. The lowest BCUT2D eigenvalue weighted by Gasteiger charge is -2.18. The van der Waals surface area contributed by atoms with Crippen LogP contribution in [-0.2, 0) is 4.79 Å². The first kappa shape index (κ1) is 13.4. The third-order valence-corrected chi connectivity index (χ3v) is 2.04. The number of hydrogen-bond acceptors (Lipinski definition) is 3. The van der Waals surface area contributed by atoms with Gasteiger partial charge in [-0.25, -0.2) is 0 Å². The number of nitrogens with one attached hydrogen (secondary N) is 2. The van der Waals surface area contributed by atoms with E-state index in [1.807, 2.05) is 0 Å². The Morgan fingerprint density at radius 3 is 2.50 bits per heavy atom. The van der Waals surface area contributed by atoms with Crippen molar-refractivity contribution in [2.75, 3.05) is 20.1 Å². The van der Waals surface area contributed by atoms with Crippen LogP contribution in [0.3, 0.4) is 0 Å². The zero-order valence-electron chi connectivity index (χ0n) is 9.47. The lowest BCUT2D eigenvalue weighted by atomic mass is 10.0. The molecule has 0 aliphatic carbocycles. The highest BCUT2D eigenvalue weighted by molar-refractivity contribution is 5.81. The summed E-state index contributed by atoms with van der Waals surface area (Å²) in [4.78, 5) is 11.4. The van der Waals surface area contributed by atoms with Gasteiger partial charge in [-0.1, -0.05) is 13.8 Å². The van der Waals surface area contributed by atoms with Crippen molar-refractivity contribution >= 4 is 5.91 Å². The van der Waals surface area contributed by atoms with E-state index in [1.165, 1.54) is 0 Å². The number of rotatable bonds is 7. The zero-order chi connectivity index (χ0) is 11.0.